The lowest BCUT2D eigenvalue weighted by Gasteiger charge is -2.12. The van der Waals surface area contributed by atoms with Crippen LogP contribution in [0.25, 0.3) is 6.08 Å². The number of aromatic carboxylic acids is 1. The third-order valence-electron chi connectivity index (χ3n) is 3.81. The van der Waals surface area contributed by atoms with Gasteiger partial charge in [0.15, 0.2) is 0 Å². The van der Waals surface area contributed by atoms with E-state index in [1.54, 1.807) is 12.1 Å². The quantitative estimate of drug-likeness (QED) is 0.476. The molecule has 1 aliphatic rings. The molecular formula is C18H12N2O6S. The van der Waals surface area contributed by atoms with Crippen LogP contribution in [0.3, 0.4) is 0 Å². The van der Waals surface area contributed by atoms with Gasteiger partial charge in [0.25, 0.3) is 16.8 Å². The Morgan fingerprint density at radius 2 is 1.93 bits per heavy atom. The molecule has 2 amide bonds. The van der Waals surface area contributed by atoms with Gasteiger partial charge in [0.05, 0.1) is 27.5 Å². The number of thioether (sulfide) groups is 1. The molecule has 0 spiro atoms. The van der Waals surface area contributed by atoms with Crippen molar-refractivity contribution in [1.29, 1.82) is 0 Å². The van der Waals surface area contributed by atoms with Crippen LogP contribution in [-0.4, -0.2) is 32.0 Å². The lowest BCUT2D eigenvalue weighted by Crippen LogP contribution is -2.27. The third kappa shape index (κ3) is 3.87. The van der Waals surface area contributed by atoms with Gasteiger partial charge in [-0.1, -0.05) is 24.3 Å². The van der Waals surface area contributed by atoms with Crippen molar-refractivity contribution in [3.63, 3.8) is 0 Å². The number of carboxylic acids is 1. The van der Waals surface area contributed by atoms with E-state index in [0.29, 0.717) is 17.3 Å². The predicted octanol–water partition coefficient (Wildman–Crippen LogP) is 3.53. The minimum atomic E-state index is -1.11. The molecule has 0 unspecified atom stereocenters. The summed E-state index contributed by atoms with van der Waals surface area (Å²) >= 11 is 0.686. The Morgan fingerprint density at radius 1 is 1.19 bits per heavy atom. The highest BCUT2D eigenvalue weighted by atomic mass is 32.2. The Bertz CT molecular complexity index is 1000. The highest BCUT2D eigenvalue weighted by Crippen LogP contribution is 2.34. The zero-order valence-electron chi connectivity index (χ0n) is 13.7. The number of carboxylic acid groups (broad SMARTS) is 1. The molecule has 1 fully saturated rings. The maximum absolute atomic E-state index is 12.6. The molecular weight excluding hydrogens is 372 g/mol. The summed E-state index contributed by atoms with van der Waals surface area (Å²) in [5, 5.41) is 19.6. The van der Waals surface area contributed by atoms with E-state index in [9.17, 15) is 24.5 Å². The van der Waals surface area contributed by atoms with Crippen molar-refractivity contribution in [2.24, 2.45) is 0 Å². The summed E-state index contributed by atoms with van der Waals surface area (Å²) in [6, 6.07) is 11.8. The Kier molecular flexibility index (Phi) is 5.04. The molecule has 0 aliphatic carbocycles. The first kappa shape index (κ1) is 18.3. The fourth-order valence-corrected chi connectivity index (χ4v) is 3.37. The second-order valence-corrected chi connectivity index (χ2v) is 6.58. The monoisotopic (exact) mass is 384 g/mol. The first-order chi connectivity index (χ1) is 12.9. The van der Waals surface area contributed by atoms with E-state index in [2.05, 4.69) is 0 Å². The second kappa shape index (κ2) is 7.42. The smallest absolute Gasteiger partial charge is 0.335 e. The highest BCUT2D eigenvalue weighted by molar-refractivity contribution is 8.18. The number of nitrogens with zero attached hydrogens (tertiary/aromatic N) is 2. The summed E-state index contributed by atoms with van der Waals surface area (Å²) in [6.07, 6.45) is 1.32. The van der Waals surface area contributed by atoms with Crippen LogP contribution in [0.1, 0.15) is 21.5 Å². The molecule has 2 aromatic carbocycles. The molecule has 0 bridgehead atoms. The summed E-state index contributed by atoms with van der Waals surface area (Å²) in [6.45, 7) is -0.0833. The van der Waals surface area contributed by atoms with Crippen molar-refractivity contribution in [2.45, 2.75) is 6.54 Å². The van der Waals surface area contributed by atoms with E-state index >= 15 is 0 Å². The Labute approximate surface area is 157 Å². The largest absolute Gasteiger partial charge is 0.478 e. The van der Waals surface area contributed by atoms with Gasteiger partial charge in [0, 0.05) is 6.07 Å². The number of imide groups is 1. The molecule has 2 aromatic rings. The number of nitro benzene ring substituents is 1. The van der Waals surface area contributed by atoms with Gasteiger partial charge in [0.2, 0.25) is 0 Å². The average Bonchev–Trinajstić information content (AvgIpc) is 2.89. The average molecular weight is 384 g/mol. The summed E-state index contributed by atoms with van der Waals surface area (Å²) in [7, 11) is 0. The summed E-state index contributed by atoms with van der Waals surface area (Å²) < 4.78 is 0. The zero-order chi connectivity index (χ0) is 19.6. The molecule has 1 saturated heterocycles. The molecule has 1 heterocycles. The first-order valence-corrected chi connectivity index (χ1v) is 8.49. The van der Waals surface area contributed by atoms with Crippen LogP contribution in [0.5, 0.6) is 0 Å². The van der Waals surface area contributed by atoms with Gasteiger partial charge in [0.1, 0.15) is 0 Å². The lowest BCUT2D eigenvalue weighted by atomic mass is 10.1. The molecule has 0 saturated carbocycles. The number of rotatable bonds is 5. The normalized spacial score (nSPS) is 15.4. The molecule has 0 aromatic heterocycles. The van der Waals surface area contributed by atoms with E-state index < -0.39 is 22.0 Å². The van der Waals surface area contributed by atoms with Crippen molar-refractivity contribution in [3.8, 4) is 0 Å². The number of hydrogen-bond acceptors (Lipinski definition) is 6. The van der Waals surface area contributed by atoms with E-state index in [-0.39, 0.29) is 28.3 Å². The van der Waals surface area contributed by atoms with Gasteiger partial charge in [-0.05, 0) is 41.6 Å². The number of para-hydroxylation sites is 1. The Hall–Kier alpha value is -3.46. The minimum absolute atomic E-state index is 0.0509. The number of carbonyl (C=O) groups excluding carboxylic acids is 2. The van der Waals surface area contributed by atoms with Crippen molar-refractivity contribution in [3.05, 3.63) is 80.2 Å². The molecule has 9 heteroatoms. The summed E-state index contributed by atoms with van der Waals surface area (Å²) in [5.74, 6) is -1.69. The van der Waals surface area contributed by atoms with Crippen molar-refractivity contribution < 1.29 is 24.4 Å². The van der Waals surface area contributed by atoms with Crippen molar-refractivity contribution >= 4 is 40.6 Å². The topological polar surface area (TPSA) is 118 Å². The first-order valence-electron chi connectivity index (χ1n) is 7.68. The molecule has 1 N–H and O–H groups in total. The van der Waals surface area contributed by atoms with Crippen molar-refractivity contribution in [2.75, 3.05) is 0 Å². The van der Waals surface area contributed by atoms with Gasteiger partial charge in [-0.15, -0.1) is 0 Å². The minimum Gasteiger partial charge on any atom is -0.478 e. The number of benzene rings is 2. The number of amides is 2. The number of carbonyl (C=O) groups is 3. The second-order valence-electron chi connectivity index (χ2n) is 5.59. The third-order valence-corrected chi connectivity index (χ3v) is 4.72. The van der Waals surface area contributed by atoms with Gasteiger partial charge >= 0.3 is 5.97 Å². The van der Waals surface area contributed by atoms with Crippen LogP contribution < -0.4 is 0 Å². The maximum Gasteiger partial charge on any atom is 0.335 e. The Morgan fingerprint density at radius 3 is 2.63 bits per heavy atom. The van der Waals surface area contributed by atoms with E-state index in [1.165, 1.54) is 42.5 Å². The van der Waals surface area contributed by atoms with Gasteiger partial charge in [-0.25, -0.2) is 4.79 Å². The summed E-state index contributed by atoms with van der Waals surface area (Å²) in [4.78, 5) is 47.4. The molecule has 3 rings (SSSR count). The summed E-state index contributed by atoms with van der Waals surface area (Å²) in [5.41, 5.74) is 0.596. The molecule has 136 valence electrons. The Balaban J connectivity index is 1.87. The van der Waals surface area contributed by atoms with E-state index in [4.69, 9.17) is 5.11 Å². The SMILES string of the molecule is O=C(O)c1cccc(CN2C(=O)SC(=Cc3ccccc3[N+](=O)[O-])C2=O)c1. The fraction of sp³-hybridized carbons (Fsp3) is 0.0556. The fourth-order valence-electron chi connectivity index (χ4n) is 2.54. The standard InChI is InChI=1S/C18H12N2O6S/c21-16-15(9-12-5-1-2-7-14(12)20(25)26)27-18(24)19(16)10-11-4-3-6-13(8-11)17(22)23/h1-9H,10H2,(H,22,23). The molecule has 1 aliphatic heterocycles. The number of hydrogen-bond donors (Lipinski definition) is 1. The zero-order valence-corrected chi connectivity index (χ0v) is 14.5. The maximum atomic E-state index is 12.6. The van der Waals surface area contributed by atoms with Crippen LogP contribution in [0.2, 0.25) is 0 Å². The lowest BCUT2D eigenvalue weighted by molar-refractivity contribution is -0.385. The van der Waals surface area contributed by atoms with Gasteiger partial charge in [-0.3, -0.25) is 24.6 Å². The molecule has 0 radical (unpaired) electrons. The van der Waals surface area contributed by atoms with Crippen LogP contribution in [0, 0.1) is 10.1 Å². The van der Waals surface area contributed by atoms with Gasteiger partial charge in [-0.2, -0.15) is 0 Å². The van der Waals surface area contributed by atoms with Crippen LogP contribution in [0.4, 0.5) is 10.5 Å². The molecule has 0 atom stereocenters. The van der Waals surface area contributed by atoms with Crippen LogP contribution in [-0.2, 0) is 11.3 Å². The highest BCUT2D eigenvalue weighted by Gasteiger charge is 2.35. The van der Waals surface area contributed by atoms with Gasteiger partial charge < -0.3 is 5.11 Å². The van der Waals surface area contributed by atoms with Crippen molar-refractivity contribution in [1.82, 2.24) is 4.90 Å². The molecule has 8 nitrogen and oxygen atoms in total. The van der Waals surface area contributed by atoms with Crippen LogP contribution >= 0.6 is 11.8 Å². The van der Waals surface area contributed by atoms with Crippen LogP contribution in [0.15, 0.2) is 53.4 Å². The van der Waals surface area contributed by atoms with E-state index in [1.807, 2.05) is 0 Å². The number of nitro groups is 1. The predicted molar refractivity (Wildman–Crippen MR) is 98.0 cm³/mol. The van der Waals surface area contributed by atoms with E-state index in [0.717, 1.165) is 4.90 Å². The molecule has 27 heavy (non-hydrogen) atoms.